The number of rotatable bonds is 5. The normalized spacial score (nSPS) is 15.8. The number of thioether (sulfide) groups is 1. The van der Waals surface area contributed by atoms with Crippen LogP contribution in [-0.2, 0) is 0 Å². The standard InChI is InChI=1S/C15H21ClN2S2/c16-12-5-4-6-13(11-12)18-15(19)17-9-10-20-14-7-2-1-3-8-14/h4-6,11,14H,1-3,7-10H2,(H2,17,18,19). The molecule has 1 aliphatic carbocycles. The van der Waals surface area contributed by atoms with Gasteiger partial charge in [0.2, 0.25) is 0 Å². The highest BCUT2D eigenvalue weighted by Crippen LogP contribution is 2.27. The fourth-order valence-electron chi connectivity index (χ4n) is 2.36. The van der Waals surface area contributed by atoms with E-state index in [1.54, 1.807) is 0 Å². The van der Waals surface area contributed by atoms with E-state index in [9.17, 15) is 0 Å². The second-order valence-corrected chi connectivity index (χ2v) is 7.27. The number of anilines is 1. The highest BCUT2D eigenvalue weighted by molar-refractivity contribution is 7.99. The molecule has 1 fully saturated rings. The van der Waals surface area contributed by atoms with Gasteiger partial charge in [0.15, 0.2) is 5.11 Å². The van der Waals surface area contributed by atoms with Gasteiger partial charge in [0.05, 0.1) is 0 Å². The van der Waals surface area contributed by atoms with Gasteiger partial charge in [-0.05, 0) is 43.3 Å². The summed E-state index contributed by atoms with van der Waals surface area (Å²) in [5.41, 5.74) is 0.926. The predicted octanol–water partition coefficient (Wildman–Crippen LogP) is 4.69. The van der Waals surface area contributed by atoms with E-state index < -0.39 is 0 Å². The van der Waals surface area contributed by atoms with Crippen molar-refractivity contribution >= 4 is 46.4 Å². The van der Waals surface area contributed by atoms with E-state index in [-0.39, 0.29) is 0 Å². The largest absolute Gasteiger partial charge is 0.362 e. The van der Waals surface area contributed by atoms with Crippen LogP contribution in [-0.4, -0.2) is 22.7 Å². The Morgan fingerprint density at radius 2 is 2.10 bits per heavy atom. The first-order valence-electron chi connectivity index (χ1n) is 7.16. The molecule has 0 bridgehead atoms. The summed E-state index contributed by atoms with van der Waals surface area (Å²) in [4.78, 5) is 0. The maximum Gasteiger partial charge on any atom is 0.170 e. The van der Waals surface area contributed by atoms with E-state index in [1.807, 2.05) is 24.3 Å². The lowest BCUT2D eigenvalue weighted by Crippen LogP contribution is -2.30. The van der Waals surface area contributed by atoms with Gasteiger partial charge in [0.1, 0.15) is 0 Å². The highest BCUT2D eigenvalue weighted by Gasteiger charge is 2.12. The SMILES string of the molecule is S=C(NCCSC1CCCCC1)Nc1cccc(Cl)c1. The summed E-state index contributed by atoms with van der Waals surface area (Å²) in [6, 6.07) is 7.58. The summed E-state index contributed by atoms with van der Waals surface area (Å²) in [5, 5.41) is 8.63. The quantitative estimate of drug-likeness (QED) is 0.604. The molecule has 0 atom stereocenters. The monoisotopic (exact) mass is 328 g/mol. The molecule has 1 aromatic rings. The third-order valence-corrected chi connectivity index (χ3v) is 5.24. The first-order chi connectivity index (χ1) is 9.74. The molecular weight excluding hydrogens is 308 g/mol. The Morgan fingerprint density at radius 3 is 2.85 bits per heavy atom. The molecule has 0 aromatic heterocycles. The molecule has 110 valence electrons. The Labute approximate surface area is 136 Å². The van der Waals surface area contributed by atoms with Gasteiger partial charge in [-0.15, -0.1) is 0 Å². The topological polar surface area (TPSA) is 24.1 Å². The molecule has 0 heterocycles. The average molecular weight is 329 g/mol. The van der Waals surface area contributed by atoms with Gasteiger partial charge in [-0.2, -0.15) is 11.8 Å². The van der Waals surface area contributed by atoms with Crippen molar-refractivity contribution in [3.63, 3.8) is 0 Å². The predicted molar refractivity (Wildman–Crippen MR) is 95.0 cm³/mol. The van der Waals surface area contributed by atoms with E-state index in [1.165, 1.54) is 32.1 Å². The minimum Gasteiger partial charge on any atom is -0.362 e. The number of nitrogens with one attached hydrogen (secondary N) is 2. The van der Waals surface area contributed by atoms with Crippen LogP contribution in [0.1, 0.15) is 32.1 Å². The van der Waals surface area contributed by atoms with Crippen LogP contribution in [0.15, 0.2) is 24.3 Å². The second-order valence-electron chi connectivity index (χ2n) is 5.02. The van der Waals surface area contributed by atoms with Gasteiger partial charge in [-0.25, -0.2) is 0 Å². The van der Waals surface area contributed by atoms with Crippen LogP contribution in [0.2, 0.25) is 5.02 Å². The Kier molecular flexibility index (Phi) is 6.97. The first kappa shape index (κ1) is 15.9. The van der Waals surface area contributed by atoms with Crippen molar-refractivity contribution in [1.29, 1.82) is 0 Å². The molecule has 2 N–H and O–H groups in total. The molecule has 0 radical (unpaired) electrons. The molecule has 0 spiro atoms. The molecule has 0 aliphatic heterocycles. The van der Waals surface area contributed by atoms with Crippen LogP contribution in [0.3, 0.4) is 0 Å². The van der Waals surface area contributed by atoms with Crippen molar-refractivity contribution in [1.82, 2.24) is 5.32 Å². The van der Waals surface area contributed by atoms with Crippen LogP contribution in [0.4, 0.5) is 5.69 Å². The van der Waals surface area contributed by atoms with Crippen molar-refractivity contribution in [3.05, 3.63) is 29.3 Å². The molecule has 1 aliphatic rings. The smallest absolute Gasteiger partial charge is 0.170 e. The molecule has 0 unspecified atom stereocenters. The van der Waals surface area contributed by atoms with E-state index in [0.717, 1.165) is 23.2 Å². The summed E-state index contributed by atoms with van der Waals surface area (Å²) in [6.45, 7) is 0.910. The Bertz CT molecular complexity index is 434. The lowest BCUT2D eigenvalue weighted by Gasteiger charge is -2.21. The minimum absolute atomic E-state index is 0.663. The molecule has 0 saturated heterocycles. The zero-order valence-electron chi connectivity index (χ0n) is 11.5. The van der Waals surface area contributed by atoms with Crippen LogP contribution in [0.5, 0.6) is 0 Å². The number of hydrogen-bond donors (Lipinski definition) is 2. The highest BCUT2D eigenvalue weighted by atomic mass is 35.5. The molecule has 1 aromatic carbocycles. The Morgan fingerprint density at radius 1 is 1.30 bits per heavy atom. The van der Waals surface area contributed by atoms with E-state index in [2.05, 4.69) is 22.4 Å². The maximum atomic E-state index is 5.93. The third kappa shape index (κ3) is 5.90. The van der Waals surface area contributed by atoms with Gasteiger partial charge in [-0.3, -0.25) is 0 Å². The average Bonchev–Trinajstić information content (AvgIpc) is 2.45. The fourth-order valence-corrected chi connectivity index (χ4v) is 3.99. The summed E-state index contributed by atoms with van der Waals surface area (Å²) >= 11 is 13.3. The lowest BCUT2D eigenvalue weighted by molar-refractivity contribution is 0.516. The minimum atomic E-state index is 0.663. The number of benzene rings is 1. The lowest BCUT2D eigenvalue weighted by atomic mass is 10.0. The van der Waals surface area contributed by atoms with Crippen molar-refractivity contribution in [2.75, 3.05) is 17.6 Å². The van der Waals surface area contributed by atoms with Gasteiger partial charge in [0, 0.05) is 28.3 Å². The van der Waals surface area contributed by atoms with Crippen molar-refractivity contribution < 1.29 is 0 Å². The molecule has 2 rings (SSSR count). The maximum absolute atomic E-state index is 5.93. The first-order valence-corrected chi connectivity index (χ1v) is 8.99. The van der Waals surface area contributed by atoms with Gasteiger partial charge < -0.3 is 10.6 Å². The summed E-state index contributed by atoms with van der Waals surface area (Å²) < 4.78 is 0. The molecule has 1 saturated carbocycles. The van der Waals surface area contributed by atoms with E-state index in [4.69, 9.17) is 23.8 Å². The molecular formula is C15H21ClN2S2. The summed E-state index contributed by atoms with van der Waals surface area (Å²) in [6.07, 6.45) is 6.99. The zero-order valence-corrected chi connectivity index (χ0v) is 13.9. The number of halogens is 1. The third-order valence-electron chi connectivity index (χ3n) is 3.38. The van der Waals surface area contributed by atoms with E-state index in [0.29, 0.717) is 10.1 Å². The van der Waals surface area contributed by atoms with Crippen LogP contribution in [0, 0.1) is 0 Å². The van der Waals surface area contributed by atoms with E-state index >= 15 is 0 Å². The molecule has 2 nitrogen and oxygen atoms in total. The van der Waals surface area contributed by atoms with Crippen LogP contribution >= 0.6 is 35.6 Å². The van der Waals surface area contributed by atoms with Gasteiger partial charge >= 0.3 is 0 Å². The Hall–Kier alpha value is -0.450. The number of hydrogen-bond acceptors (Lipinski definition) is 2. The Balaban J connectivity index is 1.60. The van der Waals surface area contributed by atoms with Crippen molar-refractivity contribution in [2.24, 2.45) is 0 Å². The number of thiocarbonyl (C=S) groups is 1. The van der Waals surface area contributed by atoms with Crippen LogP contribution in [0.25, 0.3) is 0 Å². The second kappa shape index (κ2) is 8.75. The summed E-state index contributed by atoms with van der Waals surface area (Å²) in [7, 11) is 0. The van der Waals surface area contributed by atoms with Crippen molar-refractivity contribution in [3.8, 4) is 0 Å². The zero-order chi connectivity index (χ0) is 14.2. The molecule has 0 amide bonds. The van der Waals surface area contributed by atoms with Gasteiger partial charge in [-0.1, -0.05) is 36.9 Å². The van der Waals surface area contributed by atoms with Crippen LogP contribution < -0.4 is 10.6 Å². The van der Waals surface area contributed by atoms with Crippen molar-refractivity contribution in [2.45, 2.75) is 37.4 Å². The summed E-state index contributed by atoms with van der Waals surface area (Å²) in [5.74, 6) is 1.11. The molecule has 20 heavy (non-hydrogen) atoms. The molecule has 5 heteroatoms. The van der Waals surface area contributed by atoms with Gasteiger partial charge in [0.25, 0.3) is 0 Å². The fraction of sp³-hybridized carbons (Fsp3) is 0.533.